The highest BCUT2D eigenvalue weighted by Gasteiger charge is 2.14. The molecule has 0 spiro atoms. The normalized spacial score (nSPS) is 13.7. The Morgan fingerprint density at radius 3 is 2.47 bits per heavy atom. The summed E-state index contributed by atoms with van der Waals surface area (Å²) < 4.78 is 5.59. The van der Waals surface area contributed by atoms with Gasteiger partial charge >= 0.3 is 0 Å². The SMILES string of the molecule is CCN[C@H](C)CNC(=O)C(C)Oc1ccc(C)cc1. The quantitative estimate of drug-likeness (QED) is 0.790. The molecule has 0 aromatic heterocycles. The number of likely N-dealkylation sites (N-methyl/N-ethyl adjacent to an activating group) is 1. The van der Waals surface area contributed by atoms with Crippen LogP contribution in [0.2, 0.25) is 0 Å². The number of carbonyl (C=O) groups is 1. The maximum atomic E-state index is 11.9. The number of hydrogen-bond acceptors (Lipinski definition) is 3. The molecule has 0 aliphatic heterocycles. The van der Waals surface area contributed by atoms with Gasteiger partial charge in [0.15, 0.2) is 6.10 Å². The molecule has 4 heteroatoms. The number of rotatable bonds is 7. The van der Waals surface area contributed by atoms with Crippen LogP contribution in [0.1, 0.15) is 26.3 Å². The molecule has 0 radical (unpaired) electrons. The summed E-state index contributed by atoms with van der Waals surface area (Å²) >= 11 is 0. The molecule has 0 aliphatic rings. The van der Waals surface area contributed by atoms with Crippen LogP contribution in [0.4, 0.5) is 0 Å². The van der Waals surface area contributed by atoms with E-state index in [0.29, 0.717) is 12.3 Å². The van der Waals surface area contributed by atoms with Gasteiger partial charge in [0.2, 0.25) is 0 Å². The summed E-state index contributed by atoms with van der Waals surface area (Å²) in [5.41, 5.74) is 1.17. The summed E-state index contributed by atoms with van der Waals surface area (Å²) in [7, 11) is 0. The minimum atomic E-state index is -0.489. The Labute approximate surface area is 115 Å². The second-order valence-corrected chi connectivity index (χ2v) is 4.78. The molecule has 0 saturated heterocycles. The second-order valence-electron chi connectivity index (χ2n) is 4.78. The molecule has 0 heterocycles. The molecule has 2 N–H and O–H groups in total. The second kappa shape index (κ2) is 7.79. The minimum Gasteiger partial charge on any atom is -0.481 e. The average molecular weight is 264 g/mol. The smallest absolute Gasteiger partial charge is 0.260 e. The van der Waals surface area contributed by atoms with Gasteiger partial charge in [0.1, 0.15) is 5.75 Å². The van der Waals surface area contributed by atoms with Gasteiger partial charge in [0.05, 0.1) is 0 Å². The molecule has 0 bridgehead atoms. The van der Waals surface area contributed by atoms with E-state index in [4.69, 9.17) is 4.74 Å². The van der Waals surface area contributed by atoms with Crippen LogP contribution in [0.15, 0.2) is 24.3 Å². The Morgan fingerprint density at radius 2 is 1.89 bits per heavy atom. The van der Waals surface area contributed by atoms with Crippen molar-refractivity contribution in [1.29, 1.82) is 0 Å². The predicted octanol–water partition coefficient (Wildman–Crippen LogP) is 1.88. The highest BCUT2D eigenvalue weighted by Crippen LogP contribution is 2.13. The van der Waals surface area contributed by atoms with E-state index in [1.807, 2.05) is 45.0 Å². The van der Waals surface area contributed by atoms with E-state index in [1.54, 1.807) is 6.92 Å². The Balaban J connectivity index is 2.38. The minimum absolute atomic E-state index is 0.0923. The van der Waals surface area contributed by atoms with Crippen LogP contribution in [-0.2, 0) is 4.79 Å². The molecule has 1 amide bonds. The first-order valence-corrected chi connectivity index (χ1v) is 6.77. The van der Waals surface area contributed by atoms with Gasteiger partial charge in [-0.1, -0.05) is 24.6 Å². The zero-order chi connectivity index (χ0) is 14.3. The number of amides is 1. The number of benzene rings is 1. The van der Waals surface area contributed by atoms with Crippen molar-refractivity contribution in [2.45, 2.75) is 39.8 Å². The first kappa shape index (κ1) is 15.5. The third-order valence-electron chi connectivity index (χ3n) is 2.84. The van der Waals surface area contributed by atoms with Crippen molar-refractivity contribution in [2.24, 2.45) is 0 Å². The van der Waals surface area contributed by atoms with E-state index in [1.165, 1.54) is 5.56 Å². The van der Waals surface area contributed by atoms with Crippen molar-refractivity contribution < 1.29 is 9.53 Å². The Kier molecular flexibility index (Phi) is 6.36. The van der Waals surface area contributed by atoms with Crippen LogP contribution in [-0.4, -0.2) is 31.1 Å². The van der Waals surface area contributed by atoms with Crippen molar-refractivity contribution in [2.75, 3.05) is 13.1 Å². The van der Waals surface area contributed by atoms with Crippen LogP contribution >= 0.6 is 0 Å². The Bertz CT molecular complexity index is 390. The zero-order valence-electron chi connectivity index (χ0n) is 12.2. The third-order valence-corrected chi connectivity index (χ3v) is 2.84. The Hall–Kier alpha value is -1.55. The summed E-state index contributed by atoms with van der Waals surface area (Å²) in [6.45, 7) is 9.35. The van der Waals surface area contributed by atoms with Gasteiger partial charge in [-0.2, -0.15) is 0 Å². The summed E-state index contributed by atoms with van der Waals surface area (Å²) in [6, 6.07) is 7.95. The average Bonchev–Trinajstić information content (AvgIpc) is 2.39. The first-order valence-electron chi connectivity index (χ1n) is 6.77. The topological polar surface area (TPSA) is 50.4 Å². The zero-order valence-corrected chi connectivity index (χ0v) is 12.2. The molecule has 0 aliphatic carbocycles. The lowest BCUT2D eigenvalue weighted by atomic mass is 10.2. The third kappa shape index (κ3) is 5.75. The fourth-order valence-corrected chi connectivity index (χ4v) is 1.69. The monoisotopic (exact) mass is 264 g/mol. The first-order chi connectivity index (χ1) is 9.02. The van der Waals surface area contributed by atoms with Crippen LogP contribution in [0.25, 0.3) is 0 Å². The maximum Gasteiger partial charge on any atom is 0.260 e. The van der Waals surface area contributed by atoms with Crippen LogP contribution in [0.5, 0.6) is 5.75 Å². The highest BCUT2D eigenvalue weighted by atomic mass is 16.5. The van der Waals surface area contributed by atoms with E-state index in [9.17, 15) is 4.79 Å². The van der Waals surface area contributed by atoms with Crippen LogP contribution in [0.3, 0.4) is 0 Å². The predicted molar refractivity (Wildman–Crippen MR) is 77.4 cm³/mol. The molecule has 19 heavy (non-hydrogen) atoms. The van der Waals surface area contributed by atoms with Crippen molar-refractivity contribution in [1.82, 2.24) is 10.6 Å². The lowest BCUT2D eigenvalue weighted by Crippen LogP contribution is -2.43. The van der Waals surface area contributed by atoms with Gasteiger partial charge in [-0.05, 0) is 39.4 Å². The van der Waals surface area contributed by atoms with Crippen LogP contribution < -0.4 is 15.4 Å². The lowest BCUT2D eigenvalue weighted by molar-refractivity contribution is -0.127. The number of aryl methyl sites for hydroxylation is 1. The van der Waals surface area contributed by atoms with E-state index >= 15 is 0 Å². The van der Waals surface area contributed by atoms with Crippen molar-refractivity contribution in [3.8, 4) is 5.75 Å². The molecule has 2 atom stereocenters. The largest absolute Gasteiger partial charge is 0.481 e. The summed E-state index contributed by atoms with van der Waals surface area (Å²) in [5.74, 6) is 0.623. The fourth-order valence-electron chi connectivity index (χ4n) is 1.69. The van der Waals surface area contributed by atoms with Gasteiger partial charge < -0.3 is 15.4 Å². The summed E-state index contributed by atoms with van der Waals surface area (Å²) in [6.07, 6.45) is -0.489. The van der Waals surface area contributed by atoms with E-state index in [0.717, 1.165) is 6.54 Å². The standard InChI is InChI=1S/C15H24N2O2/c1-5-16-12(3)10-17-15(18)13(4)19-14-8-6-11(2)7-9-14/h6-9,12-13,16H,5,10H2,1-4H3,(H,17,18)/t12-,13?/m1/s1. The van der Waals surface area contributed by atoms with Gasteiger partial charge in [-0.3, -0.25) is 4.79 Å². The molecule has 1 unspecified atom stereocenters. The van der Waals surface area contributed by atoms with Gasteiger partial charge in [0, 0.05) is 12.6 Å². The maximum absolute atomic E-state index is 11.9. The molecular formula is C15H24N2O2. The fraction of sp³-hybridized carbons (Fsp3) is 0.533. The molecule has 1 aromatic carbocycles. The molecule has 1 rings (SSSR count). The summed E-state index contributed by atoms with van der Waals surface area (Å²) in [5, 5.41) is 6.11. The number of ether oxygens (including phenoxy) is 1. The number of carbonyl (C=O) groups excluding carboxylic acids is 1. The molecule has 106 valence electrons. The number of hydrogen-bond donors (Lipinski definition) is 2. The summed E-state index contributed by atoms with van der Waals surface area (Å²) in [4.78, 5) is 11.9. The van der Waals surface area contributed by atoms with Crippen molar-refractivity contribution >= 4 is 5.91 Å². The van der Waals surface area contributed by atoms with E-state index < -0.39 is 6.10 Å². The van der Waals surface area contributed by atoms with Gasteiger partial charge in [0.25, 0.3) is 5.91 Å². The van der Waals surface area contributed by atoms with Crippen molar-refractivity contribution in [3.63, 3.8) is 0 Å². The lowest BCUT2D eigenvalue weighted by Gasteiger charge is -2.17. The van der Waals surface area contributed by atoms with Gasteiger partial charge in [-0.15, -0.1) is 0 Å². The molecular weight excluding hydrogens is 240 g/mol. The number of nitrogens with one attached hydrogen (secondary N) is 2. The van der Waals surface area contributed by atoms with E-state index in [2.05, 4.69) is 10.6 Å². The van der Waals surface area contributed by atoms with Crippen molar-refractivity contribution in [3.05, 3.63) is 29.8 Å². The molecule has 0 saturated carbocycles. The van der Waals surface area contributed by atoms with E-state index in [-0.39, 0.29) is 11.9 Å². The Morgan fingerprint density at radius 1 is 1.26 bits per heavy atom. The van der Waals surface area contributed by atoms with Crippen LogP contribution in [0, 0.1) is 6.92 Å². The molecule has 4 nitrogen and oxygen atoms in total. The highest BCUT2D eigenvalue weighted by molar-refractivity contribution is 5.80. The van der Waals surface area contributed by atoms with Gasteiger partial charge in [-0.25, -0.2) is 0 Å². The molecule has 1 aromatic rings. The molecule has 0 fully saturated rings.